The van der Waals surface area contributed by atoms with Crippen LogP contribution in [0.5, 0.6) is 0 Å². The smallest absolute Gasteiger partial charge is 0.330 e. The predicted molar refractivity (Wildman–Crippen MR) is 141 cm³/mol. The Kier molecular flexibility index (Phi) is 9.04. The highest BCUT2D eigenvalue weighted by atomic mass is 16.2. The summed E-state index contributed by atoms with van der Waals surface area (Å²) in [7, 11) is 0. The van der Waals surface area contributed by atoms with Gasteiger partial charge >= 0.3 is 5.69 Å². The molecule has 10 nitrogen and oxygen atoms in total. The maximum absolute atomic E-state index is 13.1. The highest BCUT2D eigenvalue weighted by Crippen LogP contribution is 2.20. The maximum Gasteiger partial charge on any atom is 0.330 e. The number of carbonyl (C=O) groups is 2. The van der Waals surface area contributed by atoms with E-state index in [1.54, 1.807) is 29.2 Å². The molecular formula is C26H32N6O4. The van der Waals surface area contributed by atoms with Gasteiger partial charge in [0.15, 0.2) is 0 Å². The highest BCUT2D eigenvalue weighted by molar-refractivity contribution is 5.98. The van der Waals surface area contributed by atoms with Crippen molar-refractivity contribution in [3.63, 3.8) is 0 Å². The third-order valence-corrected chi connectivity index (χ3v) is 5.56. The summed E-state index contributed by atoms with van der Waals surface area (Å²) in [5, 5.41) is 5.50. The Morgan fingerprint density at radius 3 is 2.50 bits per heavy atom. The number of nitrogens with zero attached hydrogens (tertiary/aromatic N) is 2. The van der Waals surface area contributed by atoms with Crippen molar-refractivity contribution in [3.8, 4) is 0 Å². The van der Waals surface area contributed by atoms with Gasteiger partial charge in [-0.1, -0.05) is 49.7 Å². The van der Waals surface area contributed by atoms with Gasteiger partial charge in [0.1, 0.15) is 11.5 Å². The molecule has 0 saturated carbocycles. The maximum atomic E-state index is 13.1. The van der Waals surface area contributed by atoms with Crippen molar-refractivity contribution in [1.82, 2.24) is 14.9 Å². The lowest BCUT2D eigenvalue weighted by Crippen LogP contribution is -2.41. The molecule has 2 aromatic carbocycles. The minimum absolute atomic E-state index is 0.0131. The zero-order valence-electron chi connectivity index (χ0n) is 20.5. The Hall–Kier alpha value is -4.34. The van der Waals surface area contributed by atoms with Crippen molar-refractivity contribution >= 4 is 29.0 Å². The van der Waals surface area contributed by atoms with Crippen LogP contribution in [0.3, 0.4) is 0 Å². The molecule has 0 aliphatic heterocycles. The van der Waals surface area contributed by atoms with Crippen molar-refractivity contribution in [2.45, 2.75) is 39.8 Å². The van der Waals surface area contributed by atoms with Crippen molar-refractivity contribution in [3.05, 3.63) is 86.6 Å². The van der Waals surface area contributed by atoms with Gasteiger partial charge in [0.2, 0.25) is 5.91 Å². The zero-order chi connectivity index (χ0) is 26.1. The van der Waals surface area contributed by atoms with Crippen LogP contribution >= 0.6 is 0 Å². The molecule has 0 unspecified atom stereocenters. The summed E-state index contributed by atoms with van der Waals surface area (Å²) in [4.78, 5) is 54.4. The number of amides is 2. The molecule has 0 bridgehead atoms. The summed E-state index contributed by atoms with van der Waals surface area (Å²) in [6.45, 7) is 4.65. The van der Waals surface area contributed by atoms with Crippen LogP contribution in [0.15, 0.2) is 64.2 Å². The number of aromatic amines is 1. The van der Waals surface area contributed by atoms with Gasteiger partial charge in [-0.25, -0.2) is 4.79 Å². The van der Waals surface area contributed by atoms with Crippen LogP contribution in [0.25, 0.3) is 0 Å². The molecular weight excluding hydrogens is 460 g/mol. The number of hydrogen-bond donors (Lipinski definition) is 4. The zero-order valence-corrected chi connectivity index (χ0v) is 20.5. The van der Waals surface area contributed by atoms with Crippen LogP contribution < -0.4 is 32.5 Å². The van der Waals surface area contributed by atoms with Crippen LogP contribution in [0.2, 0.25) is 0 Å². The molecule has 190 valence electrons. The van der Waals surface area contributed by atoms with Crippen LogP contribution in [0, 0.1) is 0 Å². The largest absolute Gasteiger partial charge is 0.383 e. The van der Waals surface area contributed by atoms with E-state index in [1.165, 1.54) is 4.57 Å². The number of H-pyrrole nitrogens is 1. The average Bonchev–Trinajstić information content (AvgIpc) is 2.84. The second-order valence-corrected chi connectivity index (χ2v) is 8.33. The normalized spacial score (nSPS) is 10.6. The second kappa shape index (κ2) is 12.4. The first-order chi connectivity index (χ1) is 17.3. The summed E-state index contributed by atoms with van der Waals surface area (Å²) in [5.41, 5.74) is 6.84. The molecule has 3 rings (SSSR count). The van der Waals surface area contributed by atoms with E-state index in [4.69, 9.17) is 5.73 Å². The van der Waals surface area contributed by atoms with E-state index in [0.29, 0.717) is 30.8 Å². The van der Waals surface area contributed by atoms with Gasteiger partial charge < -0.3 is 21.3 Å². The third-order valence-electron chi connectivity index (χ3n) is 5.56. The van der Waals surface area contributed by atoms with Gasteiger partial charge in [-0.3, -0.25) is 23.9 Å². The number of carbonyl (C=O) groups excluding carboxylic acids is 2. The number of nitrogens with two attached hydrogens (primary N) is 1. The summed E-state index contributed by atoms with van der Waals surface area (Å²) in [6, 6.07) is 15.9. The number of benzene rings is 2. The molecule has 36 heavy (non-hydrogen) atoms. The van der Waals surface area contributed by atoms with Crippen LogP contribution in [-0.4, -0.2) is 34.5 Å². The minimum Gasteiger partial charge on any atom is -0.383 e. The Morgan fingerprint density at radius 2 is 1.81 bits per heavy atom. The molecule has 5 N–H and O–H groups in total. The number of nitrogens with one attached hydrogen (secondary N) is 3. The van der Waals surface area contributed by atoms with Crippen LogP contribution in [-0.2, 0) is 17.9 Å². The van der Waals surface area contributed by atoms with E-state index in [2.05, 4.69) is 15.6 Å². The number of aromatic nitrogens is 2. The average molecular weight is 493 g/mol. The Bertz CT molecular complexity index is 1320. The van der Waals surface area contributed by atoms with Gasteiger partial charge in [0.05, 0.1) is 6.54 Å². The first kappa shape index (κ1) is 26.3. The fraction of sp³-hybridized carbons (Fsp3) is 0.308. The first-order valence-corrected chi connectivity index (χ1v) is 11.9. The number of hydrogen-bond acceptors (Lipinski definition) is 6. The molecule has 10 heteroatoms. The van der Waals surface area contributed by atoms with Crippen molar-refractivity contribution in [2.75, 3.05) is 29.0 Å². The van der Waals surface area contributed by atoms with Gasteiger partial charge in [0, 0.05) is 30.9 Å². The number of rotatable bonds is 11. The SMILES string of the molecule is CCCCn1c(N)c(N(CC(=O)Nc2cccc(C(=O)NCC)c2)Cc2ccccc2)c(=O)[nH]c1=O. The molecule has 1 heterocycles. The van der Waals surface area contributed by atoms with E-state index < -0.39 is 17.2 Å². The van der Waals surface area contributed by atoms with Crippen LogP contribution in [0.1, 0.15) is 42.6 Å². The molecule has 3 aromatic rings. The second-order valence-electron chi connectivity index (χ2n) is 8.33. The summed E-state index contributed by atoms with van der Waals surface area (Å²) >= 11 is 0. The van der Waals surface area contributed by atoms with Gasteiger partial charge in [-0.2, -0.15) is 0 Å². The molecule has 1 aromatic heterocycles. The lowest BCUT2D eigenvalue weighted by molar-refractivity contribution is -0.115. The Labute approximate surface area is 209 Å². The third kappa shape index (κ3) is 6.62. The topological polar surface area (TPSA) is 142 Å². The molecule has 0 aliphatic rings. The number of unbranched alkanes of at least 4 members (excludes halogenated alkanes) is 1. The van der Waals surface area contributed by atoms with Crippen molar-refractivity contribution in [1.29, 1.82) is 0 Å². The number of anilines is 3. The predicted octanol–water partition coefficient (Wildman–Crippen LogP) is 2.31. The van der Waals surface area contributed by atoms with E-state index in [0.717, 1.165) is 12.0 Å². The molecule has 0 aliphatic carbocycles. The Balaban J connectivity index is 1.92. The Morgan fingerprint density at radius 1 is 1.06 bits per heavy atom. The van der Waals surface area contributed by atoms with E-state index >= 15 is 0 Å². The number of nitrogen functional groups attached to an aromatic ring is 1. The monoisotopic (exact) mass is 492 g/mol. The van der Waals surface area contributed by atoms with Crippen molar-refractivity contribution in [2.24, 2.45) is 0 Å². The van der Waals surface area contributed by atoms with Gasteiger partial charge in [-0.05, 0) is 37.1 Å². The fourth-order valence-corrected chi connectivity index (χ4v) is 3.81. The molecule has 0 atom stereocenters. The standard InChI is InChI=1S/C26H32N6O4/c1-3-5-14-32-23(27)22(25(35)30-26(32)36)31(16-18-10-7-6-8-11-18)17-21(33)29-20-13-9-12-19(15-20)24(34)28-4-2/h6-13,15H,3-5,14,16-17,27H2,1-2H3,(H,28,34)(H,29,33)(H,30,35,36). The lowest BCUT2D eigenvalue weighted by Gasteiger charge is -2.26. The summed E-state index contributed by atoms with van der Waals surface area (Å²) < 4.78 is 1.33. The molecule has 0 saturated heterocycles. The fourth-order valence-electron chi connectivity index (χ4n) is 3.81. The quantitative estimate of drug-likeness (QED) is 0.324. The van der Waals surface area contributed by atoms with Gasteiger partial charge in [-0.15, -0.1) is 0 Å². The molecule has 2 amide bonds. The van der Waals surface area contributed by atoms with Crippen LogP contribution in [0.4, 0.5) is 17.2 Å². The molecule has 0 fully saturated rings. The van der Waals surface area contributed by atoms with Crippen molar-refractivity contribution < 1.29 is 9.59 Å². The summed E-state index contributed by atoms with van der Waals surface area (Å²) in [6.07, 6.45) is 1.54. The minimum atomic E-state index is -0.660. The van der Waals surface area contributed by atoms with Gasteiger partial charge in [0.25, 0.3) is 11.5 Å². The lowest BCUT2D eigenvalue weighted by atomic mass is 10.2. The highest BCUT2D eigenvalue weighted by Gasteiger charge is 2.22. The first-order valence-electron chi connectivity index (χ1n) is 11.9. The van der Waals surface area contributed by atoms with E-state index in [1.807, 2.05) is 44.2 Å². The van der Waals surface area contributed by atoms with E-state index in [-0.39, 0.29) is 30.5 Å². The molecule has 0 radical (unpaired) electrons. The molecule has 0 spiro atoms. The van der Waals surface area contributed by atoms with E-state index in [9.17, 15) is 19.2 Å². The summed E-state index contributed by atoms with van der Waals surface area (Å²) in [5.74, 6) is -0.642.